The van der Waals surface area contributed by atoms with Crippen molar-refractivity contribution in [3.05, 3.63) is 58.1 Å². The van der Waals surface area contributed by atoms with Gasteiger partial charge in [0.2, 0.25) is 0 Å². The van der Waals surface area contributed by atoms with Crippen molar-refractivity contribution >= 4 is 21.9 Å². The normalized spacial score (nSPS) is 11.2. The number of carbonyl (C=O) groups is 1. The molecule has 2 rings (SSSR count). The van der Waals surface area contributed by atoms with Gasteiger partial charge in [-0.1, -0.05) is 44.2 Å². The number of aliphatic carboxylic acids is 1. The molecule has 0 aliphatic heterocycles. The van der Waals surface area contributed by atoms with Gasteiger partial charge < -0.3 is 20.3 Å². The Hall–Kier alpha value is -2.05. The summed E-state index contributed by atoms with van der Waals surface area (Å²) < 4.78 is 6.12. The molecule has 0 spiro atoms. The van der Waals surface area contributed by atoms with E-state index < -0.39 is 12.0 Å². The maximum atomic E-state index is 11.2. The molecule has 130 valence electrons. The van der Waals surface area contributed by atoms with Crippen molar-refractivity contribution in [1.29, 1.82) is 0 Å². The van der Waals surface area contributed by atoms with Crippen molar-refractivity contribution in [3.63, 3.8) is 0 Å². The number of ether oxygens (including phenoxy) is 1. The second-order valence-corrected chi connectivity index (χ2v) is 5.54. The van der Waals surface area contributed by atoms with E-state index in [1.165, 1.54) is 6.07 Å². The highest BCUT2D eigenvalue weighted by Gasteiger charge is 2.21. The van der Waals surface area contributed by atoms with Crippen LogP contribution in [0.4, 0.5) is 0 Å². The zero-order valence-electron chi connectivity index (χ0n) is 13.9. The van der Waals surface area contributed by atoms with Crippen molar-refractivity contribution in [3.8, 4) is 11.5 Å². The molecule has 0 amide bonds. The molecule has 0 saturated heterocycles. The Kier molecular flexibility index (Phi) is 8.29. The zero-order chi connectivity index (χ0) is 18.1. The van der Waals surface area contributed by atoms with Crippen LogP contribution in [0.2, 0.25) is 0 Å². The Bertz CT molecular complexity index is 638. The first-order valence-electron chi connectivity index (χ1n) is 7.62. The van der Waals surface area contributed by atoms with Gasteiger partial charge in [-0.2, -0.15) is 0 Å². The van der Waals surface area contributed by atoms with E-state index in [0.717, 1.165) is 5.56 Å². The van der Waals surface area contributed by atoms with Crippen LogP contribution in [0.15, 0.2) is 46.9 Å². The number of halogens is 1. The summed E-state index contributed by atoms with van der Waals surface area (Å²) in [6, 6.07) is 11.7. The molecular formula is C18H22BrNO4. The Morgan fingerprint density at radius 2 is 1.88 bits per heavy atom. The lowest BCUT2D eigenvalue weighted by molar-refractivity contribution is -0.139. The first-order chi connectivity index (χ1) is 11.5. The molecule has 0 fully saturated rings. The van der Waals surface area contributed by atoms with E-state index in [1.54, 1.807) is 13.1 Å². The minimum Gasteiger partial charge on any atom is -0.504 e. The van der Waals surface area contributed by atoms with Crippen LogP contribution in [-0.2, 0) is 11.4 Å². The molecule has 24 heavy (non-hydrogen) atoms. The summed E-state index contributed by atoms with van der Waals surface area (Å²) in [7, 11) is 1.55. The minimum absolute atomic E-state index is 0.109. The first kappa shape index (κ1) is 20.0. The largest absolute Gasteiger partial charge is 0.504 e. The molecule has 1 unspecified atom stereocenters. The number of hydrogen-bond acceptors (Lipinski definition) is 4. The molecule has 3 N–H and O–H groups in total. The third kappa shape index (κ3) is 5.25. The molecule has 0 aliphatic rings. The van der Waals surface area contributed by atoms with E-state index in [-0.39, 0.29) is 11.5 Å². The summed E-state index contributed by atoms with van der Waals surface area (Å²) in [4.78, 5) is 11.2. The summed E-state index contributed by atoms with van der Waals surface area (Å²) in [5, 5.41) is 21.9. The lowest BCUT2D eigenvalue weighted by Gasteiger charge is -2.15. The Morgan fingerprint density at radius 3 is 2.38 bits per heavy atom. The van der Waals surface area contributed by atoms with E-state index >= 15 is 0 Å². The van der Waals surface area contributed by atoms with Crippen molar-refractivity contribution in [2.24, 2.45) is 0 Å². The van der Waals surface area contributed by atoms with Gasteiger partial charge in [0, 0.05) is 0 Å². The van der Waals surface area contributed by atoms with Crippen LogP contribution in [0.25, 0.3) is 0 Å². The molecule has 2 aromatic carbocycles. The smallest absolute Gasteiger partial charge is 0.325 e. The third-order valence-corrected chi connectivity index (χ3v) is 3.73. The molecule has 6 heteroatoms. The number of aromatic hydroxyl groups is 1. The fourth-order valence-corrected chi connectivity index (χ4v) is 2.65. The summed E-state index contributed by atoms with van der Waals surface area (Å²) in [6.07, 6.45) is 0. The second kappa shape index (κ2) is 9.95. The first-order valence-corrected chi connectivity index (χ1v) is 8.41. The van der Waals surface area contributed by atoms with Gasteiger partial charge in [-0.15, -0.1) is 0 Å². The van der Waals surface area contributed by atoms with Gasteiger partial charge in [0.1, 0.15) is 12.6 Å². The zero-order valence-corrected chi connectivity index (χ0v) is 15.5. The highest BCUT2D eigenvalue weighted by molar-refractivity contribution is 9.10. The fourth-order valence-electron chi connectivity index (χ4n) is 2.07. The predicted molar refractivity (Wildman–Crippen MR) is 97.4 cm³/mol. The van der Waals surface area contributed by atoms with Crippen molar-refractivity contribution in [2.45, 2.75) is 26.5 Å². The number of carboxylic acid groups (broad SMARTS) is 1. The molecule has 0 bridgehead atoms. The number of carboxylic acids is 1. The maximum Gasteiger partial charge on any atom is 0.325 e. The summed E-state index contributed by atoms with van der Waals surface area (Å²) in [5.74, 6) is -0.846. The highest BCUT2D eigenvalue weighted by atomic mass is 79.9. The molecule has 5 nitrogen and oxygen atoms in total. The van der Waals surface area contributed by atoms with Gasteiger partial charge in [-0.25, -0.2) is 0 Å². The average molecular weight is 396 g/mol. The number of likely N-dealkylation sites (N-methyl/N-ethyl adjacent to an activating group) is 1. The van der Waals surface area contributed by atoms with Crippen LogP contribution in [0, 0.1) is 0 Å². The molecule has 0 aromatic heterocycles. The minimum atomic E-state index is -1.02. The van der Waals surface area contributed by atoms with E-state index in [4.69, 9.17) is 9.84 Å². The lowest BCUT2D eigenvalue weighted by atomic mass is 10.1. The lowest BCUT2D eigenvalue weighted by Crippen LogP contribution is -2.24. The van der Waals surface area contributed by atoms with Gasteiger partial charge in [0.25, 0.3) is 0 Å². The van der Waals surface area contributed by atoms with E-state index in [1.807, 2.05) is 44.2 Å². The number of hydrogen-bond donors (Lipinski definition) is 3. The van der Waals surface area contributed by atoms with Crippen molar-refractivity contribution < 1.29 is 19.7 Å². The highest BCUT2D eigenvalue weighted by Crippen LogP contribution is 2.37. The standard InChI is InChI=1S/C16H16BrNO4.C2H6/c1-18-14(16(20)21)11-7-12(17)15(13(19)8-11)22-9-10-5-3-2-4-6-10;1-2/h2-8,14,18-19H,9H2,1H3,(H,20,21);1-2H3. The van der Waals surface area contributed by atoms with E-state index in [0.29, 0.717) is 16.6 Å². The van der Waals surface area contributed by atoms with Crippen molar-refractivity contribution in [2.75, 3.05) is 7.05 Å². The SMILES string of the molecule is CC.CNC(C(=O)O)c1cc(O)c(OCc2ccccc2)c(Br)c1. The number of phenolic OH excluding ortho intramolecular Hbond substituents is 1. The topological polar surface area (TPSA) is 78.8 Å². The Morgan fingerprint density at radius 1 is 1.25 bits per heavy atom. The van der Waals surface area contributed by atoms with E-state index in [2.05, 4.69) is 21.2 Å². The van der Waals surface area contributed by atoms with Crippen LogP contribution in [0.3, 0.4) is 0 Å². The molecule has 1 atom stereocenters. The molecule has 2 aromatic rings. The average Bonchev–Trinajstić information content (AvgIpc) is 2.57. The Balaban J connectivity index is 0.00000139. The van der Waals surface area contributed by atoms with Gasteiger partial charge >= 0.3 is 5.97 Å². The monoisotopic (exact) mass is 395 g/mol. The van der Waals surface area contributed by atoms with Crippen LogP contribution in [-0.4, -0.2) is 23.2 Å². The number of phenols is 1. The molecular weight excluding hydrogens is 374 g/mol. The van der Waals surface area contributed by atoms with Crippen molar-refractivity contribution in [1.82, 2.24) is 5.32 Å². The summed E-state index contributed by atoms with van der Waals surface area (Å²) >= 11 is 3.31. The molecule has 0 heterocycles. The number of nitrogens with one attached hydrogen (secondary N) is 1. The number of rotatable bonds is 6. The summed E-state index contributed by atoms with van der Waals surface area (Å²) in [6.45, 7) is 4.31. The third-order valence-electron chi connectivity index (χ3n) is 3.14. The quantitative estimate of drug-likeness (QED) is 0.685. The second-order valence-electron chi connectivity index (χ2n) is 4.69. The number of benzene rings is 2. The van der Waals surface area contributed by atoms with Crippen LogP contribution >= 0.6 is 15.9 Å². The molecule has 0 radical (unpaired) electrons. The fraction of sp³-hybridized carbons (Fsp3) is 0.278. The van der Waals surface area contributed by atoms with Gasteiger partial charge in [-0.05, 0) is 46.2 Å². The van der Waals surface area contributed by atoms with Crippen LogP contribution < -0.4 is 10.1 Å². The van der Waals surface area contributed by atoms with Crippen LogP contribution in [0.1, 0.15) is 31.0 Å². The predicted octanol–water partition coefficient (Wildman–Crippen LogP) is 4.11. The maximum absolute atomic E-state index is 11.2. The van der Waals surface area contributed by atoms with Gasteiger partial charge in [-0.3, -0.25) is 4.79 Å². The molecule has 0 aliphatic carbocycles. The van der Waals surface area contributed by atoms with Gasteiger partial charge in [0.05, 0.1) is 4.47 Å². The summed E-state index contributed by atoms with van der Waals surface area (Å²) in [5.41, 5.74) is 1.41. The van der Waals surface area contributed by atoms with Gasteiger partial charge in [0.15, 0.2) is 11.5 Å². The Labute approximate surface area is 150 Å². The van der Waals surface area contributed by atoms with E-state index in [9.17, 15) is 9.90 Å². The molecule has 0 saturated carbocycles. The van der Waals surface area contributed by atoms with Crippen LogP contribution in [0.5, 0.6) is 11.5 Å².